The largest absolute Gasteiger partial charge is 0.491 e. The van der Waals surface area contributed by atoms with Gasteiger partial charge >= 0.3 is 0 Å². The molecule has 0 saturated heterocycles. The van der Waals surface area contributed by atoms with E-state index in [0.29, 0.717) is 67.2 Å². The van der Waals surface area contributed by atoms with Crippen LogP contribution in [-0.4, -0.2) is 57.6 Å². The van der Waals surface area contributed by atoms with Crippen molar-refractivity contribution in [2.24, 2.45) is 16.6 Å². The Bertz CT molecular complexity index is 1080. The maximum absolute atomic E-state index is 13.0. The molecule has 8 nitrogen and oxygen atoms in total. The second kappa shape index (κ2) is 12.6. The van der Waals surface area contributed by atoms with Crippen LogP contribution in [0.25, 0.3) is 0 Å². The summed E-state index contributed by atoms with van der Waals surface area (Å²) >= 11 is 6.17. The SMILES string of the molecule is CC1(C)C(NC(=O)c2ccc(OCCOCCOCCN)cc2)C(C)(C)C1Oc1ccc(C#N)c(Cl)c1. The third kappa shape index (κ3) is 6.93. The molecule has 0 spiro atoms. The average Bonchev–Trinajstić information content (AvgIpc) is 2.87. The maximum Gasteiger partial charge on any atom is 0.251 e. The molecule has 2 aromatic carbocycles. The van der Waals surface area contributed by atoms with Crippen LogP contribution in [0.15, 0.2) is 42.5 Å². The van der Waals surface area contributed by atoms with Gasteiger partial charge in [0.05, 0.1) is 37.0 Å². The molecule has 0 radical (unpaired) electrons. The molecule has 0 aliphatic heterocycles. The first-order chi connectivity index (χ1) is 17.6. The molecule has 1 aliphatic rings. The van der Waals surface area contributed by atoms with Crippen molar-refractivity contribution in [1.82, 2.24) is 5.32 Å². The number of hydrogen-bond acceptors (Lipinski definition) is 7. The monoisotopic (exact) mass is 529 g/mol. The van der Waals surface area contributed by atoms with Crippen molar-refractivity contribution >= 4 is 17.5 Å². The highest BCUT2D eigenvalue weighted by Crippen LogP contribution is 2.55. The van der Waals surface area contributed by atoms with E-state index >= 15 is 0 Å². The lowest BCUT2D eigenvalue weighted by atomic mass is 9.49. The van der Waals surface area contributed by atoms with Crippen LogP contribution < -0.4 is 20.5 Å². The Labute approximate surface area is 224 Å². The third-order valence-electron chi connectivity index (χ3n) is 6.68. The van der Waals surface area contributed by atoms with Crippen LogP contribution in [-0.2, 0) is 9.47 Å². The Balaban J connectivity index is 1.51. The van der Waals surface area contributed by atoms with E-state index in [2.05, 4.69) is 39.1 Å². The molecular weight excluding hydrogens is 494 g/mol. The Morgan fingerprint density at radius 3 is 2.16 bits per heavy atom. The molecule has 0 heterocycles. The molecule has 37 heavy (non-hydrogen) atoms. The highest BCUT2D eigenvalue weighted by Gasteiger charge is 2.64. The Hall–Kier alpha value is -2.83. The van der Waals surface area contributed by atoms with Crippen molar-refractivity contribution in [2.75, 3.05) is 39.6 Å². The zero-order valence-electron chi connectivity index (χ0n) is 21.9. The van der Waals surface area contributed by atoms with Gasteiger partial charge in [-0.05, 0) is 36.4 Å². The van der Waals surface area contributed by atoms with Gasteiger partial charge in [0, 0.05) is 35.0 Å². The second-order valence-electron chi connectivity index (χ2n) is 10.2. The van der Waals surface area contributed by atoms with Crippen LogP contribution >= 0.6 is 11.6 Å². The number of nitrogens with one attached hydrogen (secondary N) is 1. The smallest absolute Gasteiger partial charge is 0.251 e. The van der Waals surface area contributed by atoms with E-state index in [0.717, 1.165) is 0 Å². The summed E-state index contributed by atoms with van der Waals surface area (Å²) in [6.07, 6.45) is -0.167. The van der Waals surface area contributed by atoms with Gasteiger partial charge in [0.15, 0.2) is 0 Å². The molecule has 1 amide bonds. The van der Waals surface area contributed by atoms with E-state index in [4.69, 9.17) is 41.5 Å². The number of hydrogen-bond donors (Lipinski definition) is 2. The molecule has 1 saturated carbocycles. The number of nitrogens with two attached hydrogens (primary N) is 1. The second-order valence-corrected chi connectivity index (χ2v) is 10.6. The zero-order valence-corrected chi connectivity index (χ0v) is 22.6. The first-order valence-corrected chi connectivity index (χ1v) is 12.7. The quantitative estimate of drug-likeness (QED) is 0.374. The minimum atomic E-state index is -0.335. The lowest BCUT2D eigenvalue weighted by molar-refractivity contribution is -0.164. The molecule has 1 aliphatic carbocycles. The molecule has 200 valence electrons. The van der Waals surface area contributed by atoms with E-state index in [9.17, 15) is 4.79 Å². The van der Waals surface area contributed by atoms with Crippen LogP contribution in [0.3, 0.4) is 0 Å². The highest BCUT2D eigenvalue weighted by molar-refractivity contribution is 6.31. The third-order valence-corrected chi connectivity index (χ3v) is 6.99. The Morgan fingerprint density at radius 1 is 0.973 bits per heavy atom. The molecule has 2 aromatic rings. The summed E-state index contributed by atoms with van der Waals surface area (Å²) in [5.74, 6) is 1.11. The van der Waals surface area contributed by atoms with Crippen molar-refractivity contribution in [1.29, 1.82) is 5.26 Å². The molecule has 0 atom stereocenters. The fraction of sp³-hybridized carbons (Fsp3) is 0.500. The van der Waals surface area contributed by atoms with Crippen LogP contribution in [0.4, 0.5) is 0 Å². The van der Waals surface area contributed by atoms with Crippen molar-refractivity contribution in [2.45, 2.75) is 39.8 Å². The summed E-state index contributed by atoms with van der Waals surface area (Å²) in [5, 5.41) is 12.6. The summed E-state index contributed by atoms with van der Waals surface area (Å²) in [5.41, 5.74) is 5.64. The number of halogens is 1. The van der Waals surface area contributed by atoms with Crippen molar-refractivity contribution in [3.8, 4) is 17.6 Å². The van der Waals surface area contributed by atoms with Gasteiger partial charge in [-0.25, -0.2) is 0 Å². The summed E-state index contributed by atoms with van der Waals surface area (Å²) < 4.78 is 22.7. The van der Waals surface area contributed by atoms with E-state index in [1.165, 1.54) is 0 Å². The van der Waals surface area contributed by atoms with E-state index < -0.39 is 0 Å². The average molecular weight is 530 g/mol. The Morgan fingerprint density at radius 2 is 1.57 bits per heavy atom. The summed E-state index contributed by atoms with van der Waals surface area (Å²) in [7, 11) is 0. The number of carbonyl (C=O) groups is 1. The normalized spacial score (nSPS) is 19.4. The van der Waals surface area contributed by atoms with Crippen molar-refractivity contribution in [3.63, 3.8) is 0 Å². The molecule has 9 heteroatoms. The van der Waals surface area contributed by atoms with Gasteiger partial charge in [-0.2, -0.15) is 5.26 Å². The number of nitrogens with zero attached hydrogens (tertiary/aromatic N) is 1. The molecule has 0 aromatic heterocycles. The van der Waals surface area contributed by atoms with Gasteiger partial charge in [0.25, 0.3) is 5.91 Å². The lowest BCUT2D eigenvalue weighted by Gasteiger charge is -2.63. The van der Waals surface area contributed by atoms with Gasteiger partial charge in [0.2, 0.25) is 0 Å². The minimum absolute atomic E-state index is 0.117. The summed E-state index contributed by atoms with van der Waals surface area (Å²) in [6.45, 7) is 11.2. The topological polar surface area (TPSA) is 116 Å². The summed E-state index contributed by atoms with van der Waals surface area (Å²) in [6, 6.07) is 14.0. The molecule has 0 bridgehead atoms. The molecule has 0 unspecified atom stereocenters. The highest BCUT2D eigenvalue weighted by atomic mass is 35.5. The fourth-order valence-corrected chi connectivity index (χ4v) is 5.35. The number of rotatable bonds is 13. The van der Waals surface area contributed by atoms with Crippen molar-refractivity contribution in [3.05, 3.63) is 58.6 Å². The predicted molar refractivity (Wildman–Crippen MR) is 142 cm³/mol. The van der Waals surface area contributed by atoms with Gasteiger partial charge in [-0.1, -0.05) is 39.3 Å². The van der Waals surface area contributed by atoms with Gasteiger partial charge < -0.3 is 30.0 Å². The van der Waals surface area contributed by atoms with Crippen LogP contribution in [0.5, 0.6) is 11.5 Å². The van der Waals surface area contributed by atoms with E-state index in [1.807, 2.05) is 0 Å². The fourth-order valence-electron chi connectivity index (χ4n) is 5.14. The molecule has 3 N–H and O–H groups in total. The van der Waals surface area contributed by atoms with E-state index in [-0.39, 0.29) is 28.9 Å². The predicted octanol–water partition coefficient (Wildman–Crippen LogP) is 4.19. The zero-order chi connectivity index (χ0) is 27.1. The first-order valence-electron chi connectivity index (χ1n) is 12.4. The maximum atomic E-state index is 13.0. The molecule has 3 rings (SSSR count). The standard InChI is InChI=1S/C28H36ClN3O5/c1-27(2)25(28(3,4)26(27)37-22-10-7-20(18-31)23(29)17-22)32-24(33)19-5-8-21(9-6-19)36-16-15-35-14-13-34-12-11-30/h5-10,17,25-26H,11-16,30H2,1-4H3,(H,32,33). The lowest BCUT2D eigenvalue weighted by Crippen LogP contribution is -2.74. The number of amides is 1. The Kier molecular flexibility index (Phi) is 9.80. The first kappa shape index (κ1) is 28.7. The van der Waals surface area contributed by atoms with E-state index in [1.54, 1.807) is 42.5 Å². The van der Waals surface area contributed by atoms with Gasteiger partial charge in [0.1, 0.15) is 30.3 Å². The minimum Gasteiger partial charge on any atom is -0.491 e. The number of carbonyl (C=O) groups excluding carboxylic acids is 1. The molecule has 1 fully saturated rings. The van der Waals surface area contributed by atoms with Crippen LogP contribution in [0.1, 0.15) is 43.6 Å². The summed E-state index contributed by atoms with van der Waals surface area (Å²) in [4.78, 5) is 13.0. The number of ether oxygens (including phenoxy) is 4. The van der Waals surface area contributed by atoms with Gasteiger partial charge in [-0.15, -0.1) is 0 Å². The van der Waals surface area contributed by atoms with Crippen LogP contribution in [0.2, 0.25) is 5.02 Å². The number of benzene rings is 2. The van der Waals surface area contributed by atoms with Crippen LogP contribution in [0, 0.1) is 22.2 Å². The van der Waals surface area contributed by atoms with Gasteiger partial charge in [-0.3, -0.25) is 4.79 Å². The molecular formula is C28H36ClN3O5. The number of nitriles is 1. The van der Waals surface area contributed by atoms with Crippen molar-refractivity contribution < 1.29 is 23.7 Å².